The van der Waals surface area contributed by atoms with E-state index in [4.69, 9.17) is 19.3 Å². The maximum absolute atomic E-state index is 13.4. The summed E-state index contributed by atoms with van der Waals surface area (Å²) in [5.41, 5.74) is 3.14. The van der Waals surface area contributed by atoms with Crippen molar-refractivity contribution in [3.63, 3.8) is 0 Å². The van der Waals surface area contributed by atoms with Gasteiger partial charge in [0.05, 0.1) is 32.8 Å². The number of fused-ring (bicyclic) bond motifs is 1. The lowest BCUT2D eigenvalue weighted by Gasteiger charge is -2.37. The summed E-state index contributed by atoms with van der Waals surface area (Å²) in [7, 11) is 1.63. The van der Waals surface area contributed by atoms with Crippen LogP contribution in [0.1, 0.15) is 67.0 Å². The van der Waals surface area contributed by atoms with Gasteiger partial charge in [0.1, 0.15) is 23.9 Å². The van der Waals surface area contributed by atoms with Crippen molar-refractivity contribution < 1.29 is 38.8 Å². The quantitative estimate of drug-likeness (QED) is 0.123. The predicted molar refractivity (Wildman–Crippen MR) is 188 cm³/mol. The van der Waals surface area contributed by atoms with Gasteiger partial charge < -0.3 is 24.4 Å². The SMILES string of the molecule is COc1ccc(C(OC[C@@H]2CC[C@H](n3cnc4c(N5C(=O)CCC(CCC(=O)O)C5=O)ncnc43)O2)(c2ccccc2)c2ccc(CO)cc2)cc1. The lowest BCUT2D eigenvalue weighted by Crippen LogP contribution is -2.46. The van der Waals surface area contributed by atoms with Crippen LogP contribution < -0.4 is 9.64 Å². The summed E-state index contributed by atoms with van der Waals surface area (Å²) < 4.78 is 20.8. The number of hydrogen-bond acceptors (Lipinski definition) is 10. The molecule has 0 saturated carbocycles. The van der Waals surface area contributed by atoms with Gasteiger partial charge in [0.2, 0.25) is 11.8 Å². The van der Waals surface area contributed by atoms with Crippen molar-refractivity contribution in [1.82, 2.24) is 19.5 Å². The average molecular weight is 706 g/mol. The summed E-state index contributed by atoms with van der Waals surface area (Å²) in [5.74, 6) is -1.70. The van der Waals surface area contributed by atoms with E-state index in [1.165, 1.54) is 6.33 Å². The highest BCUT2D eigenvalue weighted by atomic mass is 16.6. The molecule has 0 aliphatic carbocycles. The Morgan fingerprint density at radius 1 is 0.923 bits per heavy atom. The minimum absolute atomic E-state index is 0.0768. The summed E-state index contributed by atoms with van der Waals surface area (Å²) in [6.45, 7) is 0.160. The second-order valence-corrected chi connectivity index (χ2v) is 13.0. The molecule has 268 valence electrons. The zero-order valence-electron chi connectivity index (χ0n) is 28.6. The number of aliphatic hydroxyl groups excluding tert-OH is 1. The number of imidazole rings is 1. The number of carboxylic acids is 1. The van der Waals surface area contributed by atoms with Gasteiger partial charge in [-0.2, -0.15) is 0 Å². The molecular formula is C39H39N5O8. The molecule has 2 N–H and O–H groups in total. The fourth-order valence-corrected chi connectivity index (χ4v) is 7.17. The van der Waals surface area contributed by atoms with Crippen molar-refractivity contribution in [2.45, 2.75) is 63.1 Å². The summed E-state index contributed by atoms with van der Waals surface area (Å²) in [5, 5.41) is 18.9. The van der Waals surface area contributed by atoms with Crippen LogP contribution in [-0.2, 0) is 36.1 Å². The number of benzene rings is 3. The number of aromatic nitrogens is 4. The fraction of sp³-hybridized carbons (Fsp3) is 0.333. The van der Waals surface area contributed by atoms with Crippen molar-refractivity contribution in [2.75, 3.05) is 18.6 Å². The second kappa shape index (κ2) is 15.0. The normalized spacial score (nSPS) is 20.3. The Balaban J connectivity index is 1.16. The van der Waals surface area contributed by atoms with E-state index in [1.807, 2.05) is 78.9 Å². The number of rotatable bonds is 13. The first kappa shape index (κ1) is 34.9. The highest BCUT2D eigenvalue weighted by molar-refractivity contribution is 6.19. The molecule has 3 aromatic carbocycles. The van der Waals surface area contributed by atoms with Gasteiger partial charge in [-0.05, 0) is 60.1 Å². The molecule has 7 rings (SSSR count). The van der Waals surface area contributed by atoms with E-state index in [9.17, 15) is 19.5 Å². The molecule has 13 heteroatoms. The minimum atomic E-state index is -1.03. The highest BCUT2D eigenvalue weighted by Crippen LogP contribution is 2.43. The molecule has 2 fully saturated rings. The smallest absolute Gasteiger partial charge is 0.303 e. The number of ether oxygens (including phenoxy) is 3. The van der Waals surface area contributed by atoms with E-state index in [1.54, 1.807) is 18.0 Å². The maximum Gasteiger partial charge on any atom is 0.303 e. The first-order valence-corrected chi connectivity index (χ1v) is 17.3. The number of anilines is 1. The Labute approximate surface area is 299 Å². The van der Waals surface area contributed by atoms with Crippen LogP contribution >= 0.6 is 0 Å². The Kier molecular flexibility index (Phi) is 10.1. The van der Waals surface area contributed by atoms with Crippen LogP contribution in [0.4, 0.5) is 5.82 Å². The number of methoxy groups -OCH3 is 1. The van der Waals surface area contributed by atoms with Crippen molar-refractivity contribution in [3.05, 3.63) is 114 Å². The van der Waals surface area contributed by atoms with Crippen molar-refractivity contribution in [1.29, 1.82) is 0 Å². The number of carboxylic acid groups (broad SMARTS) is 1. The third kappa shape index (κ3) is 6.65. The zero-order chi connectivity index (χ0) is 36.2. The molecule has 2 saturated heterocycles. The molecule has 0 spiro atoms. The van der Waals surface area contributed by atoms with Crippen molar-refractivity contribution in [2.24, 2.45) is 5.92 Å². The van der Waals surface area contributed by atoms with Crippen molar-refractivity contribution in [3.8, 4) is 5.75 Å². The van der Waals surface area contributed by atoms with Crippen LogP contribution in [0.2, 0.25) is 0 Å². The van der Waals surface area contributed by atoms with Gasteiger partial charge >= 0.3 is 5.97 Å². The monoisotopic (exact) mass is 705 g/mol. The van der Waals surface area contributed by atoms with Crippen LogP contribution in [-0.4, -0.2) is 67.3 Å². The van der Waals surface area contributed by atoms with Gasteiger partial charge in [0.15, 0.2) is 17.0 Å². The average Bonchev–Trinajstić information content (AvgIpc) is 3.83. The Bertz CT molecular complexity index is 2000. The molecule has 4 atom stereocenters. The number of nitrogens with zero attached hydrogens (tertiary/aromatic N) is 5. The van der Waals surface area contributed by atoms with E-state index in [0.29, 0.717) is 24.9 Å². The standard InChI is InChI=1S/C39H39N5O8/c1-50-30-15-13-29(14-16-30)39(27-5-3-2-4-6-27,28-11-7-25(21-45)8-12-28)51-22-31-17-19-33(52-31)43-24-42-35-36(43)40-23-41-37(35)44-32(46)18-9-26(38(44)49)10-20-34(47)48/h2-8,11-16,23-24,26,31,33,45H,9-10,17-22H2,1H3,(H,47,48)/t26?,31-,33+,39?/m0/s1. The first-order chi connectivity index (χ1) is 25.3. The van der Waals surface area contributed by atoms with Gasteiger partial charge in [0, 0.05) is 18.8 Å². The van der Waals surface area contributed by atoms with E-state index in [0.717, 1.165) is 32.9 Å². The van der Waals surface area contributed by atoms with Crippen LogP contribution in [0.3, 0.4) is 0 Å². The van der Waals surface area contributed by atoms with Crippen LogP contribution in [0.5, 0.6) is 5.75 Å². The number of carbonyl (C=O) groups is 3. The Morgan fingerprint density at radius 2 is 1.63 bits per heavy atom. The molecule has 2 aromatic heterocycles. The zero-order valence-corrected chi connectivity index (χ0v) is 28.6. The maximum atomic E-state index is 13.4. The van der Waals surface area contributed by atoms with E-state index in [2.05, 4.69) is 15.0 Å². The number of piperidine rings is 1. The first-order valence-electron chi connectivity index (χ1n) is 17.3. The van der Waals surface area contributed by atoms with Crippen molar-refractivity contribution >= 4 is 34.8 Å². The minimum Gasteiger partial charge on any atom is -0.497 e. The van der Waals surface area contributed by atoms with E-state index < -0.39 is 35.5 Å². The third-order valence-electron chi connectivity index (χ3n) is 9.88. The molecule has 2 aliphatic rings. The highest BCUT2D eigenvalue weighted by Gasteiger charge is 2.41. The Morgan fingerprint density at radius 3 is 2.33 bits per heavy atom. The summed E-state index contributed by atoms with van der Waals surface area (Å²) >= 11 is 0. The molecule has 2 amide bonds. The Hall–Kier alpha value is -5.50. The summed E-state index contributed by atoms with van der Waals surface area (Å²) in [6, 6.07) is 25.5. The van der Waals surface area contributed by atoms with Crippen LogP contribution in [0.15, 0.2) is 91.5 Å². The molecule has 4 heterocycles. The molecule has 5 aromatic rings. The van der Waals surface area contributed by atoms with Crippen LogP contribution in [0.25, 0.3) is 11.2 Å². The van der Waals surface area contributed by atoms with Gasteiger partial charge in [-0.1, -0.05) is 66.7 Å². The van der Waals surface area contributed by atoms with E-state index >= 15 is 0 Å². The molecular weight excluding hydrogens is 666 g/mol. The molecule has 2 aliphatic heterocycles. The van der Waals surface area contributed by atoms with Gasteiger partial charge in [-0.3, -0.25) is 19.0 Å². The molecule has 0 bridgehead atoms. The van der Waals surface area contributed by atoms with Gasteiger partial charge in [-0.15, -0.1) is 0 Å². The predicted octanol–water partition coefficient (Wildman–Crippen LogP) is 5.15. The molecule has 13 nitrogen and oxygen atoms in total. The third-order valence-corrected chi connectivity index (χ3v) is 9.88. The summed E-state index contributed by atoms with van der Waals surface area (Å²) in [4.78, 5) is 51.8. The number of hydrogen-bond donors (Lipinski definition) is 2. The number of aliphatic carboxylic acids is 1. The topological polar surface area (TPSA) is 166 Å². The molecule has 2 unspecified atom stereocenters. The number of aliphatic hydroxyl groups is 1. The summed E-state index contributed by atoms with van der Waals surface area (Å²) in [6.07, 6.45) is 3.78. The second-order valence-electron chi connectivity index (χ2n) is 13.0. The molecule has 0 radical (unpaired) electrons. The number of imide groups is 1. The largest absolute Gasteiger partial charge is 0.497 e. The molecule has 52 heavy (non-hydrogen) atoms. The number of amides is 2. The van der Waals surface area contributed by atoms with E-state index in [-0.39, 0.29) is 49.9 Å². The lowest BCUT2D eigenvalue weighted by atomic mass is 9.79. The van der Waals surface area contributed by atoms with Gasteiger partial charge in [-0.25, -0.2) is 19.9 Å². The fourth-order valence-electron chi connectivity index (χ4n) is 7.17. The van der Waals surface area contributed by atoms with Gasteiger partial charge in [0.25, 0.3) is 0 Å². The lowest BCUT2D eigenvalue weighted by molar-refractivity contribution is -0.137. The van der Waals surface area contributed by atoms with Crippen LogP contribution in [0, 0.1) is 5.92 Å². The number of carbonyl (C=O) groups excluding carboxylic acids is 2.